The van der Waals surface area contributed by atoms with Crippen LogP contribution in [0.15, 0.2) is 28.9 Å². The average molecular weight is 346 g/mol. The number of thiazole rings is 1. The van der Waals surface area contributed by atoms with E-state index in [0.29, 0.717) is 0 Å². The van der Waals surface area contributed by atoms with E-state index >= 15 is 0 Å². The fourth-order valence-corrected chi connectivity index (χ4v) is 3.49. The van der Waals surface area contributed by atoms with Crippen LogP contribution in [0.25, 0.3) is 10.6 Å². The second kappa shape index (κ2) is 6.66. The number of nitrogens with zero attached hydrogens (tertiary/aromatic N) is 1. The minimum Gasteiger partial charge on any atom is -0.312 e. The van der Waals surface area contributed by atoms with Gasteiger partial charge in [0.15, 0.2) is 0 Å². The standard InChI is InChI=1S/C13H14BrClN2S/c1-2-5-16-7-10-8-17-13(18-10)11-4-3-9(15)6-12(11)14/h3-4,6,8,16H,2,5,7H2,1H3. The molecule has 0 saturated carbocycles. The maximum atomic E-state index is 5.94. The second-order valence-corrected chi connectivity index (χ2v) is 6.34. The van der Waals surface area contributed by atoms with Gasteiger partial charge in [-0.15, -0.1) is 11.3 Å². The quantitative estimate of drug-likeness (QED) is 0.793. The van der Waals surface area contributed by atoms with Crippen LogP contribution in [0.4, 0.5) is 0 Å². The van der Waals surface area contributed by atoms with Gasteiger partial charge in [-0.05, 0) is 31.2 Å². The van der Waals surface area contributed by atoms with Gasteiger partial charge in [0.05, 0.1) is 0 Å². The van der Waals surface area contributed by atoms with Crippen LogP contribution in [0.3, 0.4) is 0 Å². The van der Waals surface area contributed by atoms with Crippen LogP contribution < -0.4 is 5.32 Å². The molecule has 0 bridgehead atoms. The molecule has 0 aliphatic rings. The van der Waals surface area contributed by atoms with Crippen LogP contribution >= 0.6 is 38.9 Å². The van der Waals surface area contributed by atoms with Crippen LogP contribution in [0, 0.1) is 0 Å². The lowest BCUT2D eigenvalue weighted by Gasteiger charge is -2.01. The van der Waals surface area contributed by atoms with E-state index in [9.17, 15) is 0 Å². The van der Waals surface area contributed by atoms with Gasteiger partial charge in [0, 0.05) is 32.7 Å². The van der Waals surface area contributed by atoms with E-state index in [0.717, 1.165) is 39.6 Å². The Morgan fingerprint density at radius 2 is 2.28 bits per heavy atom. The Morgan fingerprint density at radius 3 is 3.00 bits per heavy atom. The minimum absolute atomic E-state index is 0.729. The monoisotopic (exact) mass is 344 g/mol. The van der Waals surface area contributed by atoms with Crippen LogP contribution in [0.2, 0.25) is 5.02 Å². The predicted octanol–water partition coefficient (Wildman–Crippen LogP) is 4.73. The number of hydrogen-bond acceptors (Lipinski definition) is 3. The summed E-state index contributed by atoms with van der Waals surface area (Å²) < 4.78 is 0.984. The van der Waals surface area contributed by atoms with Crippen molar-refractivity contribution >= 4 is 38.9 Å². The summed E-state index contributed by atoms with van der Waals surface area (Å²) in [5.41, 5.74) is 1.09. The Balaban J connectivity index is 2.13. The Labute approximate surface area is 125 Å². The van der Waals surface area contributed by atoms with Crippen molar-refractivity contribution in [3.05, 3.63) is 38.8 Å². The van der Waals surface area contributed by atoms with Crippen molar-refractivity contribution in [2.75, 3.05) is 6.54 Å². The van der Waals surface area contributed by atoms with E-state index < -0.39 is 0 Å². The summed E-state index contributed by atoms with van der Waals surface area (Å²) in [5, 5.41) is 5.13. The van der Waals surface area contributed by atoms with Gasteiger partial charge in [-0.1, -0.05) is 34.5 Å². The number of nitrogens with one attached hydrogen (secondary N) is 1. The van der Waals surface area contributed by atoms with E-state index in [1.807, 2.05) is 24.4 Å². The van der Waals surface area contributed by atoms with Crippen LogP contribution in [0.1, 0.15) is 18.2 Å². The summed E-state index contributed by atoms with van der Waals surface area (Å²) in [4.78, 5) is 5.71. The van der Waals surface area contributed by atoms with Gasteiger partial charge in [-0.2, -0.15) is 0 Å². The Kier molecular flexibility index (Phi) is 5.18. The molecule has 1 N–H and O–H groups in total. The molecule has 0 amide bonds. The van der Waals surface area contributed by atoms with Crippen molar-refractivity contribution in [3.63, 3.8) is 0 Å². The van der Waals surface area contributed by atoms with Crippen LogP contribution in [-0.4, -0.2) is 11.5 Å². The number of benzene rings is 1. The first kappa shape index (κ1) is 14.0. The molecule has 96 valence electrons. The van der Waals surface area contributed by atoms with Gasteiger partial charge in [0.25, 0.3) is 0 Å². The van der Waals surface area contributed by atoms with Gasteiger partial charge in [-0.25, -0.2) is 4.98 Å². The minimum atomic E-state index is 0.729. The molecule has 1 aromatic carbocycles. The zero-order valence-corrected chi connectivity index (χ0v) is 13.2. The number of rotatable bonds is 5. The van der Waals surface area contributed by atoms with Gasteiger partial charge in [0.1, 0.15) is 5.01 Å². The third kappa shape index (κ3) is 3.54. The third-order valence-electron chi connectivity index (χ3n) is 2.44. The fraction of sp³-hybridized carbons (Fsp3) is 0.308. The molecule has 0 atom stereocenters. The highest BCUT2D eigenvalue weighted by atomic mass is 79.9. The molecule has 0 aliphatic heterocycles. The number of hydrogen-bond donors (Lipinski definition) is 1. The van der Waals surface area contributed by atoms with Crippen molar-refractivity contribution in [3.8, 4) is 10.6 Å². The maximum absolute atomic E-state index is 5.94. The highest BCUT2D eigenvalue weighted by molar-refractivity contribution is 9.10. The van der Waals surface area contributed by atoms with Crippen molar-refractivity contribution in [1.82, 2.24) is 10.3 Å². The lowest BCUT2D eigenvalue weighted by Crippen LogP contribution is -2.12. The predicted molar refractivity (Wildman–Crippen MR) is 82.3 cm³/mol. The topological polar surface area (TPSA) is 24.9 Å². The number of halogens is 2. The molecule has 0 radical (unpaired) electrons. The fourth-order valence-electron chi connectivity index (χ4n) is 1.57. The highest BCUT2D eigenvalue weighted by Crippen LogP contribution is 2.33. The van der Waals surface area contributed by atoms with E-state index in [1.54, 1.807) is 11.3 Å². The van der Waals surface area contributed by atoms with Crippen molar-refractivity contribution in [1.29, 1.82) is 0 Å². The normalized spacial score (nSPS) is 10.8. The second-order valence-electron chi connectivity index (χ2n) is 3.93. The van der Waals surface area contributed by atoms with E-state index in [2.05, 4.69) is 33.2 Å². The number of aromatic nitrogens is 1. The molecule has 2 rings (SSSR count). The molecule has 0 fully saturated rings. The van der Waals surface area contributed by atoms with Crippen molar-refractivity contribution in [2.45, 2.75) is 19.9 Å². The molecule has 2 nitrogen and oxygen atoms in total. The summed E-state index contributed by atoms with van der Waals surface area (Å²) in [6, 6.07) is 5.78. The van der Waals surface area contributed by atoms with Crippen LogP contribution in [0.5, 0.6) is 0 Å². The first-order valence-electron chi connectivity index (χ1n) is 5.81. The smallest absolute Gasteiger partial charge is 0.124 e. The first-order chi connectivity index (χ1) is 8.70. The molecule has 0 unspecified atom stereocenters. The molecule has 0 spiro atoms. The summed E-state index contributed by atoms with van der Waals surface area (Å²) in [6.07, 6.45) is 3.08. The molecule has 5 heteroatoms. The first-order valence-corrected chi connectivity index (χ1v) is 7.80. The molecular formula is C13H14BrClN2S. The lowest BCUT2D eigenvalue weighted by molar-refractivity contribution is 0.681. The highest BCUT2D eigenvalue weighted by Gasteiger charge is 2.08. The summed E-state index contributed by atoms with van der Waals surface area (Å²) in [7, 11) is 0. The van der Waals surface area contributed by atoms with Gasteiger partial charge in [-0.3, -0.25) is 0 Å². The Hall–Kier alpha value is -0.420. The summed E-state index contributed by atoms with van der Waals surface area (Å²) >= 11 is 11.2. The van der Waals surface area contributed by atoms with Gasteiger partial charge < -0.3 is 5.32 Å². The van der Waals surface area contributed by atoms with Crippen LogP contribution in [-0.2, 0) is 6.54 Å². The Bertz CT molecular complexity index is 527. The zero-order valence-electron chi connectivity index (χ0n) is 10.0. The van der Waals surface area contributed by atoms with Gasteiger partial charge in [0.2, 0.25) is 0 Å². The van der Waals surface area contributed by atoms with Gasteiger partial charge >= 0.3 is 0 Å². The van der Waals surface area contributed by atoms with Crippen molar-refractivity contribution in [2.24, 2.45) is 0 Å². The molecule has 1 aromatic heterocycles. The third-order valence-corrected chi connectivity index (χ3v) is 4.36. The Morgan fingerprint density at radius 1 is 1.44 bits per heavy atom. The lowest BCUT2D eigenvalue weighted by atomic mass is 10.2. The molecule has 0 aliphatic carbocycles. The molecule has 0 saturated heterocycles. The summed E-state index contributed by atoms with van der Waals surface area (Å²) in [5.74, 6) is 0. The largest absolute Gasteiger partial charge is 0.312 e. The molecule has 1 heterocycles. The molecule has 18 heavy (non-hydrogen) atoms. The van der Waals surface area contributed by atoms with E-state index in [4.69, 9.17) is 11.6 Å². The SMILES string of the molecule is CCCNCc1cnc(-c2ccc(Cl)cc2Br)s1. The molecular weight excluding hydrogens is 332 g/mol. The van der Waals surface area contributed by atoms with E-state index in [-0.39, 0.29) is 0 Å². The average Bonchev–Trinajstić information content (AvgIpc) is 2.78. The zero-order chi connectivity index (χ0) is 13.0. The summed E-state index contributed by atoms with van der Waals surface area (Å²) in [6.45, 7) is 4.09. The maximum Gasteiger partial charge on any atom is 0.124 e. The van der Waals surface area contributed by atoms with E-state index in [1.165, 1.54) is 4.88 Å². The molecule has 2 aromatic rings. The van der Waals surface area contributed by atoms with Crippen molar-refractivity contribution < 1.29 is 0 Å².